The Morgan fingerprint density at radius 1 is 1.19 bits per heavy atom. The van der Waals surface area contributed by atoms with Gasteiger partial charge in [0.1, 0.15) is 6.04 Å². The number of aliphatic carboxylic acids is 2. The van der Waals surface area contributed by atoms with E-state index in [2.05, 4.69) is 20.7 Å². The van der Waals surface area contributed by atoms with E-state index in [4.69, 9.17) is 10.2 Å². The molecule has 3 amide bonds. The summed E-state index contributed by atoms with van der Waals surface area (Å²) in [5.41, 5.74) is 0. The van der Waals surface area contributed by atoms with Crippen molar-refractivity contribution in [1.29, 1.82) is 0 Å². The van der Waals surface area contributed by atoms with Crippen molar-refractivity contribution in [3.8, 4) is 0 Å². The van der Waals surface area contributed by atoms with E-state index in [1.54, 1.807) is 6.92 Å². The molecule has 14 nitrogen and oxygen atoms in total. The molecule has 1 aliphatic rings. The number of rotatable bonds is 13. The van der Waals surface area contributed by atoms with Gasteiger partial charge < -0.3 is 35.8 Å². The van der Waals surface area contributed by atoms with Crippen LogP contribution in [0.15, 0.2) is 0 Å². The number of carbonyl (C=O) groups excluding carboxylic acids is 4. The first-order chi connectivity index (χ1) is 14.6. The molecule has 1 radical (unpaired) electrons. The largest absolute Gasteiger partial charge is 3.00 e. The predicted octanol–water partition coefficient (Wildman–Crippen LogP) is -3.44. The number of nitrogens with zero attached hydrogens (tertiary/aromatic N) is 2. The van der Waals surface area contributed by atoms with E-state index < -0.39 is 61.0 Å². The fourth-order valence-electron chi connectivity index (χ4n) is 2.70. The average Bonchev–Trinajstić information content (AvgIpc) is 3.06. The number of carboxylic acids is 2. The minimum absolute atomic E-state index is 0. The van der Waals surface area contributed by atoms with Crippen molar-refractivity contribution in [2.75, 3.05) is 46.3 Å². The minimum atomic E-state index is -1.45. The smallest absolute Gasteiger partial charge is 0.588 e. The Morgan fingerprint density at radius 3 is 2.38 bits per heavy atom. The molecule has 5 N–H and O–H groups in total. The Bertz CT molecular complexity index is 721. The number of ether oxygens (including phenoxy) is 1. The SMILES string of the molecule is CCNC(=O)C(CC(=O)NC)NC(=O)CN(CCN1CC(=O)O[C-]1C(=O)O)CC(=O)O.[Fe+3]. The average molecular weight is 500 g/mol. The molecular formula is C17H26FeN5O9+2. The third-order valence-corrected chi connectivity index (χ3v) is 4.08. The number of carbonyl (C=O) groups is 6. The van der Waals surface area contributed by atoms with Crippen molar-refractivity contribution in [3.63, 3.8) is 0 Å². The molecule has 0 aliphatic carbocycles. The fourth-order valence-corrected chi connectivity index (χ4v) is 2.70. The van der Waals surface area contributed by atoms with Crippen LogP contribution in [0.2, 0.25) is 0 Å². The fraction of sp³-hybridized carbons (Fsp3) is 0.588. The standard InChI is InChI=1S/C17H26N5O9.Fe/c1-3-19-15(28)10(6-11(23)18-2)20-12(24)7-21(8-13(25)26)4-5-22-9-14(27)31-16(22)17(29)30;/h10H,3-9H2,1-2H3,(H,18,23)(H,19,28)(H,20,24)(H,25,26)(H,29,30);/q-1;+3. The molecule has 0 aromatic rings. The Kier molecular flexibility index (Phi) is 13.0. The number of nitrogens with one attached hydrogen (secondary N) is 3. The number of likely N-dealkylation sites (N-methyl/N-ethyl adjacent to an activating group) is 1. The topological polar surface area (TPSA) is 195 Å². The van der Waals surface area contributed by atoms with Gasteiger partial charge in [-0.3, -0.25) is 33.7 Å². The van der Waals surface area contributed by atoms with Gasteiger partial charge in [0.25, 0.3) is 5.97 Å². The number of esters is 1. The first-order valence-electron chi connectivity index (χ1n) is 9.35. The summed E-state index contributed by atoms with van der Waals surface area (Å²) in [5.74, 6) is -5.22. The van der Waals surface area contributed by atoms with Crippen LogP contribution in [-0.4, -0.2) is 108 Å². The maximum atomic E-state index is 12.4. The molecule has 0 bridgehead atoms. The van der Waals surface area contributed by atoms with E-state index in [1.165, 1.54) is 11.9 Å². The molecule has 32 heavy (non-hydrogen) atoms. The normalized spacial score (nSPS) is 14.2. The van der Waals surface area contributed by atoms with Crippen LogP contribution in [0.5, 0.6) is 0 Å². The van der Waals surface area contributed by atoms with E-state index in [-0.39, 0.29) is 49.7 Å². The Hall–Kier alpha value is -2.87. The molecule has 0 saturated carbocycles. The van der Waals surface area contributed by atoms with Crippen LogP contribution in [0.1, 0.15) is 13.3 Å². The van der Waals surface area contributed by atoms with Gasteiger partial charge in [-0.1, -0.05) is 0 Å². The van der Waals surface area contributed by atoms with Crippen molar-refractivity contribution in [2.24, 2.45) is 0 Å². The summed E-state index contributed by atoms with van der Waals surface area (Å²) in [6.45, 7) is 0.449. The van der Waals surface area contributed by atoms with E-state index in [0.717, 1.165) is 4.90 Å². The van der Waals surface area contributed by atoms with E-state index in [1.807, 2.05) is 0 Å². The van der Waals surface area contributed by atoms with Crippen LogP contribution >= 0.6 is 0 Å². The summed E-state index contributed by atoms with van der Waals surface area (Å²) in [6, 6.07) is -1.16. The Labute approximate surface area is 194 Å². The van der Waals surface area contributed by atoms with E-state index in [9.17, 15) is 28.8 Å². The van der Waals surface area contributed by atoms with Gasteiger partial charge in [0, 0.05) is 20.1 Å². The molecular weight excluding hydrogens is 474 g/mol. The van der Waals surface area contributed by atoms with Crippen LogP contribution in [0.3, 0.4) is 0 Å². The molecule has 1 aliphatic heterocycles. The van der Waals surface area contributed by atoms with Crippen molar-refractivity contribution in [2.45, 2.75) is 19.4 Å². The van der Waals surface area contributed by atoms with Gasteiger partial charge in [0.2, 0.25) is 23.7 Å². The maximum Gasteiger partial charge on any atom is 3.00 e. The molecule has 0 aromatic carbocycles. The number of cyclic esters (lactones) is 1. The van der Waals surface area contributed by atoms with Crippen LogP contribution in [-0.2, 0) is 50.6 Å². The van der Waals surface area contributed by atoms with Crippen LogP contribution in [0.25, 0.3) is 0 Å². The summed E-state index contributed by atoms with van der Waals surface area (Å²) in [7, 11) is 1.38. The van der Waals surface area contributed by atoms with E-state index >= 15 is 0 Å². The molecule has 0 spiro atoms. The molecule has 1 saturated heterocycles. The van der Waals surface area contributed by atoms with Gasteiger partial charge in [0.15, 0.2) is 0 Å². The molecule has 15 heteroatoms. The van der Waals surface area contributed by atoms with Gasteiger partial charge in [-0.2, -0.15) is 0 Å². The summed E-state index contributed by atoms with van der Waals surface area (Å²) >= 11 is 0. The zero-order chi connectivity index (χ0) is 23.6. The maximum absolute atomic E-state index is 12.4. The molecule has 1 fully saturated rings. The number of amides is 3. The zero-order valence-corrected chi connectivity index (χ0v) is 18.6. The van der Waals surface area contributed by atoms with Gasteiger partial charge >= 0.3 is 23.0 Å². The first kappa shape index (κ1) is 29.1. The van der Waals surface area contributed by atoms with Crippen molar-refractivity contribution in [1.82, 2.24) is 25.8 Å². The van der Waals surface area contributed by atoms with Crippen molar-refractivity contribution < 1.29 is 60.8 Å². The zero-order valence-electron chi connectivity index (χ0n) is 17.5. The van der Waals surface area contributed by atoms with Crippen LogP contribution < -0.4 is 16.0 Å². The van der Waals surface area contributed by atoms with Gasteiger partial charge in [-0.25, -0.2) is 0 Å². The Balaban J connectivity index is 0.00000961. The second kappa shape index (κ2) is 14.2. The Morgan fingerprint density at radius 2 is 1.84 bits per heavy atom. The van der Waals surface area contributed by atoms with Crippen molar-refractivity contribution >= 4 is 35.6 Å². The minimum Gasteiger partial charge on any atom is -0.588 e. The van der Waals surface area contributed by atoms with Gasteiger partial charge in [0.05, 0.1) is 26.1 Å². The van der Waals surface area contributed by atoms with Gasteiger partial charge in [-0.05, 0) is 19.7 Å². The molecule has 1 atom stereocenters. The molecule has 1 unspecified atom stereocenters. The summed E-state index contributed by atoms with van der Waals surface area (Å²) in [5, 5.41) is 25.4. The van der Waals surface area contributed by atoms with Crippen LogP contribution in [0, 0.1) is 6.23 Å². The van der Waals surface area contributed by atoms with Gasteiger partial charge in [-0.15, -0.1) is 0 Å². The molecule has 0 aromatic heterocycles. The molecule has 1 heterocycles. The van der Waals surface area contributed by atoms with E-state index in [0.29, 0.717) is 0 Å². The third-order valence-electron chi connectivity index (χ3n) is 4.08. The number of carboxylic acid groups (broad SMARTS) is 2. The quantitative estimate of drug-likeness (QED) is 0.0959. The first-order valence-corrected chi connectivity index (χ1v) is 9.35. The summed E-state index contributed by atoms with van der Waals surface area (Å²) in [4.78, 5) is 72.0. The monoisotopic (exact) mass is 500 g/mol. The second-order valence-electron chi connectivity index (χ2n) is 6.50. The predicted molar refractivity (Wildman–Crippen MR) is 102 cm³/mol. The van der Waals surface area contributed by atoms with Crippen molar-refractivity contribution in [3.05, 3.63) is 6.23 Å². The summed E-state index contributed by atoms with van der Waals surface area (Å²) in [6.07, 6.45) is -0.886. The third kappa shape index (κ3) is 9.96. The number of hydrogen-bond acceptors (Lipinski definition) is 9. The second-order valence-corrected chi connectivity index (χ2v) is 6.50. The molecule has 1 rings (SSSR count). The number of hydrogen-bond donors (Lipinski definition) is 5. The summed E-state index contributed by atoms with van der Waals surface area (Å²) < 4.78 is 4.59. The molecule has 179 valence electrons. The van der Waals surface area contributed by atoms with Crippen LogP contribution in [0.4, 0.5) is 0 Å².